The third-order valence-corrected chi connectivity index (χ3v) is 5.20. The van der Waals surface area contributed by atoms with Crippen LogP contribution in [0.2, 0.25) is 5.02 Å². The number of carbonyl (C=O) groups is 3. The molecule has 2 aliphatic rings. The van der Waals surface area contributed by atoms with E-state index in [9.17, 15) is 14.4 Å². The Morgan fingerprint density at radius 1 is 1.33 bits per heavy atom. The summed E-state index contributed by atoms with van der Waals surface area (Å²) in [6.07, 6.45) is 1.90. The smallest absolute Gasteiger partial charge is 0.256 e. The van der Waals surface area contributed by atoms with Crippen molar-refractivity contribution in [2.45, 2.75) is 32.4 Å². The van der Waals surface area contributed by atoms with Crippen molar-refractivity contribution in [1.29, 1.82) is 0 Å². The summed E-state index contributed by atoms with van der Waals surface area (Å²) in [5.41, 5.74) is 0.637. The number of ether oxygens (including phenoxy) is 1. The van der Waals surface area contributed by atoms with E-state index in [-0.39, 0.29) is 52.7 Å². The second-order valence-corrected chi connectivity index (χ2v) is 7.11. The molecule has 0 saturated carbocycles. The lowest BCUT2D eigenvalue weighted by Gasteiger charge is -2.42. The monoisotopic (exact) mass is 415 g/mol. The normalized spacial score (nSPS) is 23.8. The standard InChI is InChI=1S/C18H22ClN3O4.ClH/c1-10(23)20-14-7-16(26-2)12(6-13(14)19)18(25)21-17-8-15(24)11-4-3-5-22(17)9-11;/h6-7,11,17H,3-5,8-9H2,1-2H3,(H,20,23)(H,21,25);1H. The van der Waals surface area contributed by atoms with Crippen LogP contribution in [0, 0.1) is 5.92 Å². The summed E-state index contributed by atoms with van der Waals surface area (Å²) in [6, 6.07) is 2.98. The molecule has 2 heterocycles. The number of rotatable bonds is 4. The molecule has 27 heavy (non-hydrogen) atoms. The van der Waals surface area contributed by atoms with E-state index >= 15 is 0 Å². The maximum absolute atomic E-state index is 12.8. The van der Waals surface area contributed by atoms with Gasteiger partial charge in [-0.3, -0.25) is 19.3 Å². The van der Waals surface area contributed by atoms with Crippen molar-refractivity contribution < 1.29 is 19.1 Å². The molecule has 2 N–H and O–H groups in total. The molecular formula is C18H23Cl2N3O4. The van der Waals surface area contributed by atoms with Crippen molar-refractivity contribution in [1.82, 2.24) is 10.2 Å². The minimum atomic E-state index is -0.361. The molecule has 2 bridgehead atoms. The molecule has 0 aromatic heterocycles. The summed E-state index contributed by atoms with van der Waals surface area (Å²) in [6.45, 7) is 2.94. The summed E-state index contributed by atoms with van der Waals surface area (Å²) in [5, 5.41) is 5.76. The zero-order chi connectivity index (χ0) is 18.8. The molecule has 1 aromatic rings. The summed E-state index contributed by atoms with van der Waals surface area (Å²) in [4.78, 5) is 38.4. The maximum atomic E-state index is 12.8. The molecule has 0 radical (unpaired) electrons. The van der Waals surface area contributed by atoms with Crippen LogP contribution in [-0.2, 0) is 9.59 Å². The number of amides is 2. The lowest BCUT2D eigenvalue weighted by Crippen LogP contribution is -2.57. The number of methoxy groups -OCH3 is 1. The topological polar surface area (TPSA) is 87.7 Å². The van der Waals surface area contributed by atoms with E-state index in [1.165, 1.54) is 26.2 Å². The lowest BCUT2D eigenvalue weighted by molar-refractivity contribution is -0.131. The van der Waals surface area contributed by atoms with Crippen LogP contribution in [0.3, 0.4) is 0 Å². The molecule has 3 unspecified atom stereocenters. The molecule has 7 nitrogen and oxygen atoms in total. The van der Waals surface area contributed by atoms with Crippen LogP contribution in [0.15, 0.2) is 12.1 Å². The van der Waals surface area contributed by atoms with E-state index in [0.717, 1.165) is 19.4 Å². The number of nitrogens with one attached hydrogen (secondary N) is 2. The second kappa shape index (κ2) is 8.91. The summed E-state index contributed by atoms with van der Waals surface area (Å²) in [7, 11) is 1.44. The Morgan fingerprint density at radius 2 is 2.07 bits per heavy atom. The zero-order valence-electron chi connectivity index (χ0n) is 15.2. The Labute approximate surface area is 169 Å². The molecule has 3 atom stereocenters. The number of Topliss-reactive ketones (excluding diaryl/α,β-unsaturated/α-hetero) is 1. The summed E-state index contributed by atoms with van der Waals surface area (Å²) >= 11 is 6.18. The highest BCUT2D eigenvalue weighted by atomic mass is 35.5. The molecule has 2 fully saturated rings. The average Bonchev–Trinajstić information content (AvgIpc) is 2.61. The van der Waals surface area contributed by atoms with Crippen molar-refractivity contribution in [3.8, 4) is 5.75 Å². The Kier molecular flexibility index (Phi) is 7.08. The van der Waals surface area contributed by atoms with Gasteiger partial charge in [0.05, 0.1) is 29.5 Å². The van der Waals surface area contributed by atoms with Gasteiger partial charge < -0.3 is 15.4 Å². The predicted molar refractivity (Wildman–Crippen MR) is 105 cm³/mol. The number of halogens is 2. The fourth-order valence-corrected chi connectivity index (χ4v) is 3.81. The van der Waals surface area contributed by atoms with Gasteiger partial charge in [0, 0.05) is 38.4 Å². The van der Waals surface area contributed by atoms with Gasteiger partial charge >= 0.3 is 0 Å². The Balaban J connectivity index is 0.00000261. The van der Waals surface area contributed by atoms with Gasteiger partial charge in [-0.1, -0.05) is 11.6 Å². The van der Waals surface area contributed by atoms with Crippen molar-refractivity contribution in [3.63, 3.8) is 0 Å². The number of hydrogen-bond acceptors (Lipinski definition) is 5. The highest BCUT2D eigenvalue weighted by Crippen LogP contribution is 2.32. The Bertz CT molecular complexity index is 756. The lowest BCUT2D eigenvalue weighted by atomic mass is 9.87. The molecular weight excluding hydrogens is 393 g/mol. The van der Waals surface area contributed by atoms with E-state index < -0.39 is 0 Å². The van der Waals surface area contributed by atoms with Crippen molar-refractivity contribution in [3.05, 3.63) is 22.7 Å². The first-order chi connectivity index (χ1) is 12.4. The van der Waals surface area contributed by atoms with Gasteiger partial charge in [-0.25, -0.2) is 0 Å². The van der Waals surface area contributed by atoms with Gasteiger partial charge in [0.2, 0.25) is 5.91 Å². The van der Waals surface area contributed by atoms with Gasteiger partial charge in [-0.05, 0) is 18.9 Å². The zero-order valence-corrected chi connectivity index (χ0v) is 16.8. The largest absolute Gasteiger partial charge is 0.496 e. The van der Waals surface area contributed by atoms with Crippen LogP contribution >= 0.6 is 24.0 Å². The Hall–Kier alpha value is -1.83. The summed E-state index contributed by atoms with van der Waals surface area (Å²) < 4.78 is 5.28. The van der Waals surface area contributed by atoms with E-state index in [1.807, 2.05) is 0 Å². The first-order valence-electron chi connectivity index (χ1n) is 8.61. The van der Waals surface area contributed by atoms with Crippen molar-refractivity contribution in [2.75, 3.05) is 25.5 Å². The van der Waals surface area contributed by atoms with E-state index in [2.05, 4.69) is 15.5 Å². The van der Waals surface area contributed by atoms with Gasteiger partial charge in [0.1, 0.15) is 11.5 Å². The van der Waals surface area contributed by atoms with Crippen molar-refractivity contribution >= 4 is 47.3 Å². The quantitative estimate of drug-likeness (QED) is 0.788. The maximum Gasteiger partial charge on any atom is 0.256 e. The number of carbonyl (C=O) groups excluding carboxylic acids is 3. The molecule has 9 heteroatoms. The SMILES string of the molecule is COc1cc(NC(C)=O)c(Cl)cc1C(=O)NC1CC(=O)C2CCCN1C2.Cl. The van der Waals surface area contributed by atoms with E-state index in [0.29, 0.717) is 24.4 Å². The number of anilines is 1. The molecule has 2 saturated heterocycles. The molecule has 0 aliphatic carbocycles. The Morgan fingerprint density at radius 3 is 2.74 bits per heavy atom. The number of hydrogen-bond donors (Lipinski definition) is 2. The molecule has 1 aromatic carbocycles. The number of piperidine rings is 2. The van der Waals surface area contributed by atoms with Gasteiger partial charge in [0.25, 0.3) is 5.91 Å². The predicted octanol–water partition coefficient (Wildman–Crippen LogP) is 2.47. The summed E-state index contributed by atoms with van der Waals surface area (Å²) in [5.74, 6) is -0.0316. The molecule has 2 aliphatic heterocycles. The van der Waals surface area contributed by atoms with Gasteiger partial charge in [-0.15, -0.1) is 12.4 Å². The number of ketones is 1. The second-order valence-electron chi connectivity index (χ2n) is 6.71. The fourth-order valence-electron chi connectivity index (χ4n) is 3.60. The minimum absolute atomic E-state index is 0. The molecule has 148 valence electrons. The molecule has 0 spiro atoms. The number of benzene rings is 1. The van der Waals surface area contributed by atoms with Gasteiger partial charge in [-0.2, -0.15) is 0 Å². The van der Waals surface area contributed by atoms with Crippen LogP contribution in [0.25, 0.3) is 0 Å². The highest BCUT2D eigenvalue weighted by molar-refractivity contribution is 6.34. The van der Waals surface area contributed by atoms with E-state index in [4.69, 9.17) is 16.3 Å². The highest BCUT2D eigenvalue weighted by Gasteiger charge is 2.37. The minimum Gasteiger partial charge on any atom is -0.496 e. The molecule has 3 rings (SSSR count). The third kappa shape index (κ3) is 4.72. The van der Waals surface area contributed by atoms with Crippen LogP contribution in [0.5, 0.6) is 5.75 Å². The number of fused-ring (bicyclic) bond motifs is 2. The first-order valence-corrected chi connectivity index (χ1v) is 8.99. The van der Waals surface area contributed by atoms with Crippen LogP contribution < -0.4 is 15.4 Å². The van der Waals surface area contributed by atoms with Crippen LogP contribution in [0.4, 0.5) is 5.69 Å². The van der Waals surface area contributed by atoms with E-state index in [1.54, 1.807) is 0 Å². The average molecular weight is 416 g/mol. The third-order valence-electron chi connectivity index (χ3n) is 4.89. The molecule has 2 amide bonds. The first kappa shape index (κ1) is 21.5. The van der Waals surface area contributed by atoms with Crippen molar-refractivity contribution in [2.24, 2.45) is 5.92 Å². The fraction of sp³-hybridized carbons (Fsp3) is 0.500. The van der Waals surface area contributed by atoms with Gasteiger partial charge in [0.15, 0.2) is 0 Å². The van der Waals surface area contributed by atoms with Crippen LogP contribution in [0.1, 0.15) is 36.5 Å². The number of nitrogens with zero attached hydrogens (tertiary/aromatic N) is 1. The van der Waals surface area contributed by atoms with Crippen LogP contribution in [-0.4, -0.2) is 48.9 Å².